The third-order valence-electron chi connectivity index (χ3n) is 2.97. The van der Waals surface area contributed by atoms with Gasteiger partial charge in [0.1, 0.15) is 5.76 Å². The molecule has 0 bridgehead atoms. The van der Waals surface area contributed by atoms with Crippen molar-refractivity contribution in [3.63, 3.8) is 0 Å². The van der Waals surface area contributed by atoms with Gasteiger partial charge in [0.2, 0.25) is 5.91 Å². The molecular formula is C12H16ClNO3. The molecule has 1 aromatic rings. The first-order valence-electron chi connectivity index (χ1n) is 5.74. The first-order valence-corrected chi connectivity index (χ1v) is 6.17. The number of carbonyl (C=O) groups excluding carboxylic acids is 1. The topological polar surface area (TPSA) is 53.7 Å². The van der Waals surface area contributed by atoms with Crippen LogP contribution in [0.5, 0.6) is 0 Å². The van der Waals surface area contributed by atoms with E-state index in [1.54, 1.807) is 11.2 Å². The molecule has 0 spiro atoms. The lowest BCUT2D eigenvalue weighted by molar-refractivity contribution is -0.128. The fraction of sp³-hybridized carbons (Fsp3) is 0.583. The standard InChI is InChI=1S/C12H16ClNO3/c13-10-5-12(16)14(7-10)6-9(8-15)4-11-2-1-3-17-11/h1-3,9-10,15H,4-8H2. The fourth-order valence-electron chi connectivity index (χ4n) is 2.11. The summed E-state index contributed by atoms with van der Waals surface area (Å²) in [5.74, 6) is 0.910. The lowest BCUT2D eigenvalue weighted by Gasteiger charge is -2.21. The van der Waals surface area contributed by atoms with Gasteiger partial charge in [0.25, 0.3) is 0 Å². The number of amides is 1. The number of aliphatic hydroxyl groups excluding tert-OH is 1. The van der Waals surface area contributed by atoms with E-state index in [4.69, 9.17) is 16.0 Å². The van der Waals surface area contributed by atoms with Crippen LogP contribution in [0.2, 0.25) is 0 Å². The summed E-state index contributed by atoms with van der Waals surface area (Å²) in [6.07, 6.45) is 2.65. The van der Waals surface area contributed by atoms with Gasteiger partial charge in [0, 0.05) is 38.5 Å². The molecule has 1 N–H and O–H groups in total. The molecule has 0 radical (unpaired) electrons. The van der Waals surface area contributed by atoms with Crippen LogP contribution in [0.15, 0.2) is 22.8 Å². The van der Waals surface area contributed by atoms with Gasteiger partial charge in [-0.1, -0.05) is 0 Å². The molecule has 4 nitrogen and oxygen atoms in total. The number of hydrogen-bond donors (Lipinski definition) is 1. The lowest BCUT2D eigenvalue weighted by atomic mass is 10.0. The molecule has 2 heterocycles. The number of hydrogen-bond acceptors (Lipinski definition) is 3. The Bertz CT molecular complexity index is 366. The van der Waals surface area contributed by atoms with Crippen molar-refractivity contribution < 1.29 is 14.3 Å². The fourth-order valence-corrected chi connectivity index (χ4v) is 2.41. The molecule has 1 aliphatic rings. The number of nitrogens with zero attached hydrogens (tertiary/aromatic N) is 1. The Morgan fingerprint density at radius 1 is 1.65 bits per heavy atom. The summed E-state index contributed by atoms with van der Waals surface area (Å²) < 4.78 is 5.24. The second-order valence-electron chi connectivity index (χ2n) is 4.43. The van der Waals surface area contributed by atoms with Crippen LogP contribution < -0.4 is 0 Å². The average Bonchev–Trinajstić information content (AvgIpc) is 2.88. The summed E-state index contributed by atoms with van der Waals surface area (Å²) in [5.41, 5.74) is 0. The van der Waals surface area contributed by atoms with Crippen molar-refractivity contribution in [2.45, 2.75) is 18.2 Å². The van der Waals surface area contributed by atoms with Crippen molar-refractivity contribution in [1.82, 2.24) is 4.90 Å². The highest BCUT2D eigenvalue weighted by Gasteiger charge is 2.29. The van der Waals surface area contributed by atoms with E-state index in [-0.39, 0.29) is 23.8 Å². The number of furan rings is 1. The van der Waals surface area contributed by atoms with E-state index < -0.39 is 0 Å². The van der Waals surface area contributed by atoms with Crippen LogP contribution in [0.1, 0.15) is 12.2 Å². The second-order valence-corrected chi connectivity index (χ2v) is 5.05. The Hall–Kier alpha value is -1.00. The molecule has 2 atom stereocenters. The zero-order valence-corrected chi connectivity index (χ0v) is 10.3. The Kier molecular flexibility index (Phi) is 4.07. The number of halogens is 1. The predicted octanol–water partition coefficient (Wildman–Crippen LogP) is 1.27. The molecule has 0 aliphatic carbocycles. The maximum absolute atomic E-state index is 11.6. The maximum Gasteiger partial charge on any atom is 0.224 e. The highest BCUT2D eigenvalue weighted by molar-refractivity contribution is 6.22. The van der Waals surface area contributed by atoms with E-state index in [2.05, 4.69) is 0 Å². The summed E-state index contributed by atoms with van der Waals surface area (Å²) >= 11 is 5.93. The molecule has 1 aromatic heterocycles. The van der Waals surface area contributed by atoms with Crippen LogP contribution in [0, 0.1) is 5.92 Å². The van der Waals surface area contributed by atoms with Gasteiger partial charge in [-0.3, -0.25) is 4.79 Å². The van der Waals surface area contributed by atoms with Crippen LogP contribution in [0.3, 0.4) is 0 Å². The van der Waals surface area contributed by atoms with Gasteiger partial charge in [-0.25, -0.2) is 0 Å². The summed E-state index contributed by atoms with van der Waals surface area (Å²) in [4.78, 5) is 13.3. The normalized spacial score (nSPS) is 22.1. The van der Waals surface area contributed by atoms with E-state index >= 15 is 0 Å². The molecule has 94 valence electrons. The molecule has 2 unspecified atom stereocenters. The van der Waals surface area contributed by atoms with E-state index in [9.17, 15) is 9.90 Å². The van der Waals surface area contributed by atoms with Gasteiger partial charge in [0.05, 0.1) is 11.6 Å². The van der Waals surface area contributed by atoms with Crippen molar-refractivity contribution in [1.29, 1.82) is 0 Å². The Labute approximate surface area is 105 Å². The lowest BCUT2D eigenvalue weighted by Crippen LogP contribution is -2.33. The smallest absolute Gasteiger partial charge is 0.224 e. The van der Waals surface area contributed by atoms with Crippen molar-refractivity contribution in [2.75, 3.05) is 19.7 Å². The molecule has 1 aliphatic heterocycles. The minimum absolute atomic E-state index is 0.00654. The Morgan fingerprint density at radius 2 is 2.47 bits per heavy atom. The third-order valence-corrected chi connectivity index (χ3v) is 3.27. The van der Waals surface area contributed by atoms with Crippen molar-refractivity contribution in [2.24, 2.45) is 5.92 Å². The van der Waals surface area contributed by atoms with E-state index in [1.807, 2.05) is 12.1 Å². The van der Waals surface area contributed by atoms with Gasteiger partial charge < -0.3 is 14.4 Å². The Balaban J connectivity index is 1.89. The zero-order chi connectivity index (χ0) is 12.3. The second kappa shape index (κ2) is 5.56. The number of likely N-dealkylation sites (tertiary alicyclic amines) is 1. The zero-order valence-electron chi connectivity index (χ0n) is 9.51. The minimum Gasteiger partial charge on any atom is -0.469 e. The molecule has 2 rings (SSSR count). The number of carbonyl (C=O) groups is 1. The third kappa shape index (κ3) is 3.23. The number of rotatable bonds is 5. The summed E-state index contributed by atoms with van der Waals surface area (Å²) in [5, 5.41) is 9.23. The van der Waals surface area contributed by atoms with E-state index in [0.29, 0.717) is 25.9 Å². The van der Waals surface area contributed by atoms with E-state index in [1.165, 1.54) is 0 Å². The number of aliphatic hydroxyl groups is 1. The van der Waals surface area contributed by atoms with Crippen LogP contribution >= 0.6 is 11.6 Å². The SMILES string of the molecule is O=C1CC(Cl)CN1CC(CO)Cc1ccco1. The monoisotopic (exact) mass is 257 g/mol. The molecule has 1 amide bonds. The predicted molar refractivity (Wildman–Crippen MR) is 63.8 cm³/mol. The molecule has 17 heavy (non-hydrogen) atoms. The molecule has 1 fully saturated rings. The van der Waals surface area contributed by atoms with Crippen LogP contribution in [0.25, 0.3) is 0 Å². The molecule has 1 saturated heterocycles. The van der Waals surface area contributed by atoms with Gasteiger partial charge in [-0.05, 0) is 12.1 Å². The van der Waals surface area contributed by atoms with Gasteiger partial charge in [-0.2, -0.15) is 0 Å². The Morgan fingerprint density at radius 3 is 3.00 bits per heavy atom. The number of alkyl halides is 1. The van der Waals surface area contributed by atoms with Crippen LogP contribution in [0.4, 0.5) is 0 Å². The van der Waals surface area contributed by atoms with Crippen molar-refractivity contribution in [3.05, 3.63) is 24.2 Å². The van der Waals surface area contributed by atoms with Gasteiger partial charge in [0.15, 0.2) is 0 Å². The van der Waals surface area contributed by atoms with Crippen molar-refractivity contribution >= 4 is 17.5 Å². The quantitative estimate of drug-likeness (QED) is 0.809. The van der Waals surface area contributed by atoms with E-state index in [0.717, 1.165) is 5.76 Å². The maximum atomic E-state index is 11.6. The molecule has 0 saturated carbocycles. The summed E-state index contributed by atoms with van der Waals surface area (Å²) in [7, 11) is 0. The molecular weight excluding hydrogens is 242 g/mol. The van der Waals surface area contributed by atoms with Gasteiger partial charge in [-0.15, -0.1) is 11.6 Å². The summed E-state index contributed by atoms with van der Waals surface area (Å²) in [6, 6.07) is 3.69. The highest BCUT2D eigenvalue weighted by Crippen LogP contribution is 2.19. The van der Waals surface area contributed by atoms with Crippen molar-refractivity contribution in [3.8, 4) is 0 Å². The first-order chi connectivity index (χ1) is 8.19. The molecule has 5 heteroatoms. The largest absolute Gasteiger partial charge is 0.469 e. The van der Waals surface area contributed by atoms with Crippen LogP contribution in [-0.2, 0) is 11.2 Å². The van der Waals surface area contributed by atoms with Gasteiger partial charge >= 0.3 is 0 Å². The molecule has 0 aromatic carbocycles. The summed E-state index contributed by atoms with van der Waals surface area (Å²) in [6.45, 7) is 1.16. The highest BCUT2D eigenvalue weighted by atomic mass is 35.5. The minimum atomic E-state index is -0.0922. The first kappa shape index (κ1) is 12.5. The average molecular weight is 258 g/mol. The van der Waals surface area contributed by atoms with Crippen LogP contribution in [-0.4, -0.2) is 41.0 Å².